The molecule has 0 spiro atoms. The standard InChI is InChI=1S/C8H5BrOS/c9-8-4-3-6(10-8)7-2-1-5-11-7/h1-5H. The van der Waals surface area contributed by atoms with E-state index < -0.39 is 0 Å². The highest BCUT2D eigenvalue weighted by Gasteiger charge is 2.02. The number of furan rings is 1. The predicted octanol–water partition coefficient (Wildman–Crippen LogP) is 3.77. The first kappa shape index (κ1) is 7.13. The predicted molar refractivity (Wildman–Crippen MR) is 49.7 cm³/mol. The molecule has 1 nitrogen and oxygen atoms in total. The van der Waals surface area contributed by atoms with Crippen molar-refractivity contribution in [3.8, 4) is 10.6 Å². The smallest absolute Gasteiger partial charge is 0.169 e. The minimum Gasteiger partial charge on any atom is -0.449 e. The van der Waals surface area contributed by atoms with Crippen molar-refractivity contribution < 1.29 is 4.42 Å². The van der Waals surface area contributed by atoms with E-state index in [4.69, 9.17) is 4.42 Å². The van der Waals surface area contributed by atoms with Gasteiger partial charge in [-0.15, -0.1) is 11.3 Å². The summed E-state index contributed by atoms with van der Waals surface area (Å²) in [5.74, 6) is 0.923. The zero-order valence-electron chi connectivity index (χ0n) is 5.58. The molecular weight excluding hydrogens is 224 g/mol. The van der Waals surface area contributed by atoms with Crippen LogP contribution in [0.2, 0.25) is 0 Å². The molecule has 0 saturated carbocycles. The average molecular weight is 229 g/mol. The summed E-state index contributed by atoms with van der Waals surface area (Å²) in [5.41, 5.74) is 0. The average Bonchev–Trinajstić information content (AvgIpc) is 2.55. The van der Waals surface area contributed by atoms with Gasteiger partial charge in [0.25, 0.3) is 0 Å². The van der Waals surface area contributed by atoms with E-state index in [9.17, 15) is 0 Å². The maximum absolute atomic E-state index is 5.35. The third-order valence-corrected chi connectivity index (χ3v) is 2.65. The van der Waals surface area contributed by atoms with Gasteiger partial charge in [0.05, 0.1) is 4.88 Å². The number of rotatable bonds is 1. The van der Waals surface area contributed by atoms with Gasteiger partial charge in [0, 0.05) is 0 Å². The van der Waals surface area contributed by atoms with Gasteiger partial charge in [0.15, 0.2) is 4.67 Å². The van der Waals surface area contributed by atoms with E-state index in [1.807, 2.05) is 29.6 Å². The molecule has 2 aromatic rings. The summed E-state index contributed by atoms with van der Waals surface area (Å²) in [6.45, 7) is 0. The number of hydrogen-bond acceptors (Lipinski definition) is 2. The van der Waals surface area contributed by atoms with Crippen LogP contribution in [-0.4, -0.2) is 0 Å². The Morgan fingerprint density at radius 1 is 1.27 bits per heavy atom. The topological polar surface area (TPSA) is 13.1 Å². The van der Waals surface area contributed by atoms with Crippen LogP contribution >= 0.6 is 27.3 Å². The van der Waals surface area contributed by atoms with E-state index in [-0.39, 0.29) is 0 Å². The SMILES string of the molecule is Brc1ccc(-c2cccs2)o1. The summed E-state index contributed by atoms with van der Waals surface area (Å²) in [6.07, 6.45) is 0. The van der Waals surface area contributed by atoms with E-state index >= 15 is 0 Å². The van der Waals surface area contributed by atoms with Gasteiger partial charge in [-0.1, -0.05) is 6.07 Å². The molecule has 11 heavy (non-hydrogen) atoms. The number of thiophene rings is 1. The Morgan fingerprint density at radius 2 is 2.18 bits per heavy atom. The van der Waals surface area contributed by atoms with E-state index in [1.165, 1.54) is 0 Å². The molecule has 0 N–H and O–H groups in total. The van der Waals surface area contributed by atoms with Crippen LogP contribution in [0.25, 0.3) is 10.6 Å². The van der Waals surface area contributed by atoms with E-state index in [0.29, 0.717) is 0 Å². The molecule has 0 saturated heterocycles. The van der Waals surface area contributed by atoms with Gasteiger partial charge in [-0.2, -0.15) is 0 Å². The quantitative estimate of drug-likeness (QED) is 0.725. The molecule has 0 aliphatic carbocycles. The minimum absolute atomic E-state index is 0.779. The van der Waals surface area contributed by atoms with Crippen molar-refractivity contribution in [3.63, 3.8) is 0 Å². The Hall–Kier alpha value is -0.540. The maximum Gasteiger partial charge on any atom is 0.169 e. The highest BCUT2D eigenvalue weighted by atomic mass is 79.9. The molecule has 0 amide bonds. The summed E-state index contributed by atoms with van der Waals surface area (Å²) in [5, 5.41) is 2.03. The van der Waals surface area contributed by atoms with Crippen LogP contribution in [-0.2, 0) is 0 Å². The fourth-order valence-corrected chi connectivity index (χ4v) is 1.86. The zero-order valence-corrected chi connectivity index (χ0v) is 7.98. The molecule has 2 aromatic heterocycles. The molecule has 0 fully saturated rings. The van der Waals surface area contributed by atoms with E-state index in [2.05, 4.69) is 15.9 Å². The van der Waals surface area contributed by atoms with Crippen molar-refractivity contribution in [1.29, 1.82) is 0 Å². The minimum atomic E-state index is 0.779. The Bertz CT molecular complexity index is 337. The van der Waals surface area contributed by atoms with Gasteiger partial charge in [0.1, 0.15) is 5.76 Å². The molecule has 0 aromatic carbocycles. The Morgan fingerprint density at radius 3 is 2.73 bits per heavy atom. The molecule has 2 heterocycles. The molecule has 0 aliphatic rings. The molecule has 0 bridgehead atoms. The van der Waals surface area contributed by atoms with Crippen LogP contribution in [0.15, 0.2) is 38.7 Å². The second-order valence-electron chi connectivity index (χ2n) is 2.08. The van der Waals surface area contributed by atoms with Crippen molar-refractivity contribution in [2.75, 3.05) is 0 Å². The van der Waals surface area contributed by atoms with Gasteiger partial charge in [0.2, 0.25) is 0 Å². The first-order chi connectivity index (χ1) is 5.36. The lowest BCUT2D eigenvalue weighted by Gasteiger charge is -1.86. The second kappa shape index (κ2) is 2.83. The van der Waals surface area contributed by atoms with Gasteiger partial charge in [-0.25, -0.2) is 0 Å². The van der Waals surface area contributed by atoms with E-state index in [0.717, 1.165) is 15.3 Å². The number of hydrogen-bond donors (Lipinski definition) is 0. The van der Waals surface area contributed by atoms with Gasteiger partial charge in [-0.05, 0) is 39.5 Å². The van der Waals surface area contributed by atoms with Crippen LogP contribution < -0.4 is 0 Å². The Balaban J connectivity index is 2.45. The van der Waals surface area contributed by atoms with Crippen LogP contribution in [0, 0.1) is 0 Å². The molecule has 2 rings (SSSR count). The largest absolute Gasteiger partial charge is 0.449 e. The molecule has 56 valence electrons. The molecule has 3 heteroatoms. The summed E-state index contributed by atoms with van der Waals surface area (Å²) >= 11 is 4.93. The van der Waals surface area contributed by atoms with Crippen LogP contribution in [0.4, 0.5) is 0 Å². The molecule has 0 atom stereocenters. The Labute approximate surface area is 76.8 Å². The van der Waals surface area contributed by atoms with Gasteiger partial charge < -0.3 is 4.42 Å². The summed E-state index contributed by atoms with van der Waals surface area (Å²) in [4.78, 5) is 1.16. The third kappa shape index (κ3) is 1.39. The van der Waals surface area contributed by atoms with Crippen molar-refractivity contribution >= 4 is 27.3 Å². The van der Waals surface area contributed by atoms with Crippen molar-refractivity contribution in [2.45, 2.75) is 0 Å². The monoisotopic (exact) mass is 228 g/mol. The Kier molecular flexibility index (Phi) is 1.84. The summed E-state index contributed by atoms with van der Waals surface area (Å²) in [6, 6.07) is 7.90. The lowest BCUT2D eigenvalue weighted by molar-refractivity contribution is 0.557. The van der Waals surface area contributed by atoms with Gasteiger partial charge in [-0.3, -0.25) is 0 Å². The summed E-state index contributed by atoms with van der Waals surface area (Å²) < 4.78 is 6.13. The lowest BCUT2D eigenvalue weighted by Crippen LogP contribution is -1.59. The zero-order chi connectivity index (χ0) is 7.68. The van der Waals surface area contributed by atoms with Crippen LogP contribution in [0.5, 0.6) is 0 Å². The fourth-order valence-electron chi connectivity index (χ4n) is 0.865. The highest BCUT2D eigenvalue weighted by Crippen LogP contribution is 2.28. The van der Waals surface area contributed by atoms with Crippen LogP contribution in [0.1, 0.15) is 0 Å². The van der Waals surface area contributed by atoms with Crippen molar-refractivity contribution in [3.05, 3.63) is 34.3 Å². The maximum atomic E-state index is 5.35. The first-order valence-electron chi connectivity index (χ1n) is 3.15. The fraction of sp³-hybridized carbons (Fsp3) is 0. The molecular formula is C8H5BrOS. The van der Waals surface area contributed by atoms with Gasteiger partial charge >= 0.3 is 0 Å². The normalized spacial score (nSPS) is 10.3. The second-order valence-corrected chi connectivity index (χ2v) is 3.81. The highest BCUT2D eigenvalue weighted by molar-refractivity contribution is 9.10. The molecule has 0 radical (unpaired) electrons. The van der Waals surface area contributed by atoms with E-state index in [1.54, 1.807) is 11.3 Å². The first-order valence-corrected chi connectivity index (χ1v) is 4.83. The molecule has 0 unspecified atom stereocenters. The number of halogens is 1. The third-order valence-electron chi connectivity index (χ3n) is 1.34. The van der Waals surface area contributed by atoms with Crippen molar-refractivity contribution in [2.24, 2.45) is 0 Å². The molecule has 0 aliphatic heterocycles. The van der Waals surface area contributed by atoms with Crippen LogP contribution in [0.3, 0.4) is 0 Å². The summed E-state index contributed by atoms with van der Waals surface area (Å²) in [7, 11) is 0. The van der Waals surface area contributed by atoms with Crippen molar-refractivity contribution in [1.82, 2.24) is 0 Å². The lowest BCUT2D eigenvalue weighted by atomic mass is 10.4.